The molecule has 2 heterocycles. The molecule has 0 spiro atoms. The quantitative estimate of drug-likeness (QED) is 0.790. The molecule has 5 nitrogen and oxygen atoms in total. The van der Waals surface area contributed by atoms with Gasteiger partial charge >= 0.3 is 18.1 Å². The molecular weight excluding hydrogens is 372 g/mol. The van der Waals surface area contributed by atoms with Crippen molar-refractivity contribution < 1.29 is 27.4 Å². The molecule has 0 atom stereocenters. The molecule has 0 aromatic heterocycles. The van der Waals surface area contributed by atoms with E-state index < -0.39 is 18.1 Å². The van der Waals surface area contributed by atoms with E-state index in [4.69, 9.17) is 32.7 Å². The normalized spacial score (nSPS) is 19.3. The van der Waals surface area contributed by atoms with E-state index >= 15 is 0 Å². The third kappa shape index (κ3) is 3.04. The molecule has 0 radical (unpaired) electrons. The molecule has 3 rings (SSSR count). The smallest absolute Gasteiger partial charge is 0.424 e. The highest BCUT2D eigenvalue weighted by molar-refractivity contribution is 6.42. The maximum Gasteiger partial charge on any atom is 0.492 e. The standard InChI is InChI=1S/C14H13Cl2F3N2O3/c15-8-6-10-11(7-9(8)16)24-14(23-10,13(17,18)19)20-12(22)21-4-2-1-3-5-21/h6-7H,1-5H2,(H,20,22). The molecule has 1 fully saturated rings. The number of carbonyl (C=O) groups is 1. The Kier molecular flexibility index (Phi) is 4.37. The lowest BCUT2D eigenvalue weighted by molar-refractivity contribution is -0.318. The van der Waals surface area contributed by atoms with Crippen LogP contribution in [0.5, 0.6) is 11.5 Å². The Bertz CT molecular complexity index is 632. The van der Waals surface area contributed by atoms with Gasteiger partial charge in [0.2, 0.25) is 0 Å². The lowest BCUT2D eigenvalue weighted by atomic mass is 10.1. The first-order valence-corrected chi connectivity index (χ1v) is 7.98. The first-order valence-electron chi connectivity index (χ1n) is 7.23. The van der Waals surface area contributed by atoms with Gasteiger partial charge in [-0.2, -0.15) is 13.2 Å². The van der Waals surface area contributed by atoms with Gasteiger partial charge in [0.25, 0.3) is 0 Å². The fourth-order valence-corrected chi connectivity index (χ4v) is 2.86. The number of nitrogens with one attached hydrogen (secondary N) is 1. The fraction of sp³-hybridized carbons (Fsp3) is 0.500. The average molecular weight is 385 g/mol. The Labute approximate surface area is 145 Å². The third-order valence-electron chi connectivity index (χ3n) is 3.78. The number of likely N-dealkylation sites (tertiary alicyclic amines) is 1. The zero-order valence-electron chi connectivity index (χ0n) is 12.3. The van der Waals surface area contributed by atoms with Crippen LogP contribution in [-0.2, 0) is 0 Å². The van der Waals surface area contributed by atoms with Crippen LogP contribution in [0.4, 0.5) is 18.0 Å². The maximum absolute atomic E-state index is 13.6. The molecule has 2 aliphatic heterocycles. The molecule has 2 aliphatic rings. The Hall–Kier alpha value is -1.54. The number of benzene rings is 1. The Morgan fingerprint density at radius 1 is 1.08 bits per heavy atom. The summed E-state index contributed by atoms with van der Waals surface area (Å²) in [5.41, 5.74) is 0. The number of carbonyl (C=O) groups excluding carboxylic acids is 1. The first-order chi connectivity index (χ1) is 11.2. The minimum atomic E-state index is -5.02. The minimum absolute atomic E-state index is 0.0133. The van der Waals surface area contributed by atoms with Gasteiger partial charge < -0.3 is 14.4 Å². The van der Waals surface area contributed by atoms with Gasteiger partial charge in [0.05, 0.1) is 10.0 Å². The highest BCUT2D eigenvalue weighted by Gasteiger charge is 2.66. The number of rotatable bonds is 1. The van der Waals surface area contributed by atoms with Gasteiger partial charge in [-0.25, -0.2) is 4.79 Å². The molecule has 0 saturated carbocycles. The summed E-state index contributed by atoms with van der Waals surface area (Å²) in [6.07, 6.45) is -2.61. The van der Waals surface area contributed by atoms with Gasteiger partial charge in [-0.05, 0) is 19.3 Å². The highest BCUT2D eigenvalue weighted by Crippen LogP contribution is 2.48. The lowest BCUT2D eigenvalue weighted by Gasteiger charge is -2.33. The van der Waals surface area contributed by atoms with Crippen LogP contribution < -0.4 is 14.8 Å². The molecule has 24 heavy (non-hydrogen) atoms. The number of urea groups is 1. The van der Waals surface area contributed by atoms with E-state index in [1.54, 1.807) is 0 Å². The molecule has 0 aliphatic carbocycles. The topological polar surface area (TPSA) is 50.8 Å². The number of alkyl halides is 3. The van der Waals surface area contributed by atoms with Crippen molar-refractivity contribution in [2.24, 2.45) is 0 Å². The molecule has 1 saturated heterocycles. The number of halogens is 5. The van der Waals surface area contributed by atoms with Crippen molar-refractivity contribution in [3.05, 3.63) is 22.2 Å². The zero-order valence-corrected chi connectivity index (χ0v) is 13.8. The first kappa shape index (κ1) is 17.3. The second-order valence-electron chi connectivity index (χ2n) is 5.51. The van der Waals surface area contributed by atoms with Crippen LogP contribution in [0.2, 0.25) is 10.0 Å². The van der Waals surface area contributed by atoms with Crippen molar-refractivity contribution in [3.8, 4) is 11.5 Å². The summed E-state index contributed by atoms with van der Waals surface area (Å²) in [6.45, 7) is 0.759. The van der Waals surface area contributed by atoms with Crippen LogP contribution in [0.25, 0.3) is 0 Å². The van der Waals surface area contributed by atoms with E-state index in [0.717, 1.165) is 31.4 Å². The van der Waals surface area contributed by atoms with Crippen LogP contribution in [-0.4, -0.2) is 36.1 Å². The molecule has 10 heteroatoms. The largest absolute Gasteiger partial charge is 0.492 e. The summed E-state index contributed by atoms with van der Waals surface area (Å²) in [7, 11) is 0. The summed E-state index contributed by atoms with van der Waals surface area (Å²) in [6, 6.07) is 1.32. The van der Waals surface area contributed by atoms with Crippen LogP contribution in [0.3, 0.4) is 0 Å². The number of nitrogens with zero attached hydrogens (tertiary/aromatic N) is 1. The number of hydrogen-bond donors (Lipinski definition) is 1. The van der Waals surface area contributed by atoms with Crippen LogP contribution in [0, 0.1) is 0 Å². The zero-order chi connectivity index (χ0) is 17.5. The Balaban J connectivity index is 1.86. The van der Waals surface area contributed by atoms with E-state index in [-0.39, 0.29) is 21.5 Å². The molecular formula is C14H13Cl2F3N2O3. The van der Waals surface area contributed by atoms with E-state index in [0.29, 0.717) is 13.1 Å². The van der Waals surface area contributed by atoms with Gasteiger partial charge in [-0.1, -0.05) is 23.2 Å². The third-order valence-corrected chi connectivity index (χ3v) is 4.50. The van der Waals surface area contributed by atoms with Gasteiger partial charge in [0.1, 0.15) is 0 Å². The maximum atomic E-state index is 13.6. The summed E-state index contributed by atoms with van der Waals surface area (Å²) in [5, 5.41) is 1.85. The predicted molar refractivity (Wildman–Crippen MR) is 80.5 cm³/mol. The van der Waals surface area contributed by atoms with Crippen LogP contribution >= 0.6 is 23.2 Å². The molecule has 1 N–H and O–H groups in total. The van der Waals surface area contributed by atoms with Crippen molar-refractivity contribution in [1.82, 2.24) is 10.2 Å². The van der Waals surface area contributed by atoms with Crippen molar-refractivity contribution in [2.45, 2.75) is 31.3 Å². The van der Waals surface area contributed by atoms with Crippen LogP contribution in [0.1, 0.15) is 19.3 Å². The number of hydrogen-bond acceptors (Lipinski definition) is 3. The number of amides is 2. The number of piperidine rings is 1. The summed E-state index contributed by atoms with van der Waals surface area (Å²) in [4.78, 5) is 13.5. The van der Waals surface area contributed by atoms with Crippen molar-refractivity contribution >= 4 is 29.2 Å². The van der Waals surface area contributed by atoms with Crippen molar-refractivity contribution in [2.75, 3.05) is 13.1 Å². The second-order valence-corrected chi connectivity index (χ2v) is 6.32. The second kappa shape index (κ2) is 6.07. The van der Waals surface area contributed by atoms with Gasteiger partial charge in [-0.15, -0.1) is 0 Å². The van der Waals surface area contributed by atoms with Crippen molar-refractivity contribution in [3.63, 3.8) is 0 Å². The molecule has 1 aromatic carbocycles. The molecule has 0 bridgehead atoms. The Morgan fingerprint density at radius 3 is 2.04 bits per heavy atom. The summed E-state index contributed by atoms with van der Waals surface area (Å²) >= 11 is 11.6. The fourth-order valence-electron chi connectivity index (χ4n) is 2.55. The van der Waals surface area contributed by atoms with E-state index in [1.807, 2.05) is 5.32 Å². The average Bonchev–Trinajstić information content (AvgIpc) is 2.86. The van der Waals surface area contributed by atoms with Gasteiger partial charge in [0, 0.05) is 25.2 Å². The predicted octanol–water partition coefficient (Wildman–Crippen LogP) is 4.18. The van der Waals surface area contributed by atoms with Gasteiger partial charge in [0.15, 0.2) is 11.5 Å². The van der Waals surface area contributed by atoms with Gasteiger partial charge in [-0.3, -0.25) is 5.32 Å². The number of ether oxygens (including phenoxy) is 2. The lowest BCUT2D eigenvalue weighted by Crippen LogP contribution is -2.66. The SMILES string of the molecule is O=C(NC1(C(F)(F)F)Oc2cc(Cl)c(Cl)cc2O1)N1CCCCC1. The molecule has 2 amide bonds. The summed E-state index contributed by atoms with van der Waals surface area (Å²) in [5.74, 6) is -3.81. The van der Waals surface area contributed by atoms with E-state index in [2.05, 4.69) is 0 Å². The highest BCUT2D eigenvalue weighted by atomic mass is 35.5. The minimum Gasteiger partial charge on any atom is -0.424 e. The molecule has 1 aromatic rings. The van der Waals surface area contributed by atoms with Crippen molar-refractivity contribution in [1.29, 1.82) is 0 Å². The summed E-state index contributed by atoms with van der Waals surface area (Å²) < 4.78 is 50.5. The molecule has 0 unspecified atom stereocenters. The monoisotopic (exact) mass is 384 g/mol. The van der Waals surface area contributed by atoms with E-state index in [1.165, 1.54) is 4.90 Å². The molecule has 132 valence electrons. The Morgan fingerprint density at radius 2 is 1.58 bits per heavy atom. The number of fused-ring (bicyclic) bond motifs is 1. The van der Waals surface area contributed by atoms with E-state index in [9.17, 15) is 18.0 Å². The van der Waals surface area contributed by atoms with Crippen LogP contribution in [0.15, 0.2) is 12.1 Å².